The standard InChI is InChI=1S/C7H13NO.C6H14N2.C6H9NO.C5H4F3NO.C4H10N2.C4H9NO2.2C4H9NO.C3H7NO/c1-4-6-8(5-2)7(3)9;1-4-6(5-2)8-7-3;1-4-5-8-7-6(2)3;1-3-9(4(2)10)5(6,7)8;1-4-5-6(2)3;1-4(7)5(2)3-6;1-4(2)5-6-3;1-3-4(2)5-6;1-3-4-5-2/h4,6H,5H2,1-3H3;7H,4-5H2,1-3H3;1-3H3;1H,2H3;4H,1-3H3;6H,3H2,1-2H3;1-3H3;6H,3H2,1-2H3;3H,1-2H3/b6-4+;;;;;;;;4-3+. The summed E-state index contributed by atoms with van der Waals surface area (Å²) in [7, 11) is 10.2. The molecule has 3 N–H and O–H groups in total. The van der Waals surface area contributed by atoms with Gasteiger partial charge in [-0.05, 0) is 81.6 Å². The van der Waals surface area contributed by atoms with Crippen LogP contribution in [0.3, 0.4) is 0 Å². The Morgan fingerprint density at radius 3 is 1.37 bits per heavy atom. The van der Waals surface area contributed by atoms with Gasteiger partial charge in [0, 0.05) is 92.8 Å². The number of allylic oxidation sites excluding steroid dienone is 1. The Morgan fingerprint density at radius 1 is 0.800 bits per heavy atom. The Hall–Kier alpha value is -6.16. The smallest absolute Gasteiger partial charge is 0.411 e. The molecule has 65 heavy (non-hydrogen) atoms. The van der Waals surface area contributed by atoms with Crippen molar-refractivity contribution < 1.29 is 52.4 Å². The molecule has 0 aliphatic heterocycles. The quantitative estimate of drug-likeness (QED) is 0.0345. The van der Waals surface area contributed by atoms with Crippen LogP contribution in [0.1, 0.15) is 130 Å². The summed E-state index contributed by atoms with van der Waals surface area (Å²) in [5, 5.41) is 39.1. The van der Waals surface area contributed by atoms with Gasteiger partial charge in [0.05, 0.1) is 17.1 Å². The minimum atomic E-state index is -4.76. The van der Waals surface area contributed by atoms with E-state index in [0.29, 0.717) is 0 Å². The highest BCUT2D eigenvalue weighted by Crippen LogP contribution is 2.19. The third-order valence-electron chi connectivity index (χ3n) is 5.50. The lowest BCUT2D eigenvalue weighted by Gasteiger charge is -2.15. The number of hydrogen-bond acceptors (Lipinski definition) is 16. The average molecular weight is 940 g/mol. The SMILES string of the molecule is C#CN(C(C)=O)C(F)(F)F.C/C=C/N(CC)C(C)=O.C/C=N/OC.CC#CON=C(C)C.CC(=O)N(C)CO.CC=NN(C)C.CCC(C)=NO.CCC(CC)=NNC.CON=C(C)C. The first kappa shape index (κ1) is 79.2. The van der Waals surface area contributed by atoms with Crippen molar-refractivity contribution in [2.75, 3.05) is 55.7 Å². The van der Waals surface area contributed by atoms with Gasteiger partial charge in [-0.25, -0.2) is 0 Å². The van der Waals surface area contributed by atoms with Gasteiger partial charge in [-0.2, -0.15) is 15.1 Å². The second-order valence-electron chi connectivity index (χ2n) is 11.9. The Balaban J connectivity index is -0.0000000781. The monoisotopic (exact) mass is 940 g/mol. The predicted octanol–water partition coefficient (Wildman–Crippen LogP) is 7.98. The molecule has 380 valence electrons. The highest BCUT2D eigenvalue weighted by Gasteiger charge is 2.38. The summed E-state index contributed by atoms with van der Waals surface area (Å²) in [6.07, 6.45) is 11.9. The van der Waals surface area contributed by atoms with Crippen molar-refractivity contribution in [3.63, 3.8) is 0 Å². The maximum atomic E-state index is 11.5. The van der Waals surface area contributed by atoms with Crippen LogP contribution in [0.25, 0.3) is 0 Å². The number of halogens is 3. The van der Waals surface area contributed by atoms with E-state index in [0.717, 1.165) is 49.9 Å². The van der Waals surface area contributed by atoms with Gasteiger partial charge >= 0.3 is 6.30 Å². The fraction of sp³-hybridized carbons (Fsp3) is 0.651. The van der Waals surface area contributed by atoms with Crippen LogP contribution in [-0.4, -0.2) is 145 Å². The van der Waals surface area contributed by atoms with Gasteiger partial charge < -0.3 is 45.1 Å². The zero-order valence-corrected chi connectivity index (χ0v) is 43.4. The maximum absolute atomic E-state index is 11.5. The first-order valence-electron chi connectivity index (χ1n) is 19.9. The number of oxime groups is 4. The number of hydrogen-bond donors (Lipinski definition) is 3. The Morgan fingerprint density at radius 2 is 1.29 bits per heavy atom. The number of aliphatic hydroxyl groups excluding tert-OH is 1. The van der Waals surface area contributed by atoms with Crippen LogP contribution < -0.4 is 5.43 Å². The molecule has 0 saturated carbocycles. The zero-order valence-electron chi connectivity index (χ0n) is 43.4. The van der Waals surface area contributed by atoms with Crippen molar-refractivity contribution >= 4 is 53.0 Å². The van der Waals surface area contributed by atoms with Crippen molar-refractivity contribution in [3.05, 3.63) is 12.3 Å². The Labute approximate surface area is 389 Å². The molecule has 0 fully saturated rings. The third kappa shape index (κ3) is 89.7. The van der Waals surface area contributed by atoms with Gasteiger partial charge in [0.1, 0.15) is 27.1 Å². The van der Waals surface area contributed by atoms with Crippen LogP contribution in [0.2, 0.25) is 0 Å². The highest BCUT2D eigenvalue weighted by atomic mass is 19.4. The number of alkyl halides is 3. The lowest BCUT2D eigenvalue weighted by molar-refractivity contribution is -0.220. The zero-order chi connectivity index (χ0) is 53.4. The summed E-state index contributed by atoms with van der Waals surface area (Å²) >= 11 is 0. The van der Waals surface area contributed by atoms with Gasteiger partial charge in [-0.3, -0.25) is 14.4 Å². The van der Waals surface area contributed by atoms with Crippen molar-refractivity contribution in [2.24, 2.45) is 30.8 Å². The van der Waals surface area contributed by atoms with Gasteiger partial charge in [-0.15, -0.1) is 18.3 Å². The molecule has 22 heteroatoms. The molecule has 0 spiro atoms. The summed E-state index contributed by atoms with van der Waals surface area (Å²) in [5.41, 5.74) is 6.57. The summed E-state index contributed by atoms with van der Waals surface area (Å²) in [6.45, 7) is 28.9. The molecule has 19 nitrogen and oxygen atoms in total. The van der Waals surface area contributed by atoms with Gasteiger partial charge in [-0.1, -0.05) is 54.7 Å². The number of carbonyl (C=O) groups is 3. The summed E-state index contributed by atoms with van der Waals surface area (Å²) < 4.78 is 34.6. The van der Waals surface area contributed by atoms with E-state index in [-0.39, 0.29) is 18.5 Å². The molecule has 0 bridgehead atoms. The first-order valence-corrected chi connectivity index (χ1v) is 19.9. The van der Waals surface area contributed by atoms with Crippen LogP contribution in [0.4, 0.5) is 13.2 Å². The summed E-state index contributed by atoms with van der Waals surface area (Å²) in [4.78, 5) is 46.2. The molecule has 0 aliphatic rings. The van der Waals surface area contributed by atoms with E-state index < -0.39 is 17.1 Å². The van der Waals surface area contributed by atoms with Crippen molar-refractivity contribution in [1.82, 2.24) is 25.1 Å². The number of nitrogens with one attached hydrogen (secondary N) is 1. The maximum Gasteiger partial charge on any atom is 0.498 e. The molecule has 0 unspecified atom stereocenters. The van der Waals surface area contributed by atoms with E-state index in [9.17, 15) is 27.6 Å². The largest absolute Gasteiger partial charge is 0.498 e. The van der Waals surface area contributed by atoms with Gasteiger partial charge in [0.15, 0.2) is 0 Å². The molecule has 0 saturated heterocycles. The van der Waals surface area contributed by atoms with E-state index >= 15 is 0 Å². The Kier molecular flexibility index (Phi) is 75.8. The van der Waals surface area contributed by atoms with E-state index in [1.807, 2.05) is 82.6 Å². The second-order valence-corrected chi connectivity index (χ2v) is 11.9. The fourth-order valence-corrected chi connectivity index (χ4v) is 2.37. The number of amides is 3. The second kappa shape index (κ2) is 62.1. The number of carbonyl (C=O) groups excluding carboxylic acids is 3. The summed E-state index contributed by atoms with van der Waals surface area (Å²) in [5.74, 6) is 1.30. The summed E-state index contributed by atoms with van der Waals surface area (Å²) in [6, 6.07) is 1.20. The molecule has 0 aliphatic carbocycles. The van der Waals surface area contributed by atoms with Crippen LogP contribution in [0.15, 0.2) is 43.1 Å². The minimum Gasteiger partial charge on any atom is -0.411 e. The van der Waals surface area contributed by atoms with Crippen molar-refractivity contribution in [2.45, 2.75) is 136 Å². The van der Waals surface area contributed by atoms with Crippen LogP contribution >= 0.6 is 0 Å². The molecule has 0 aromatic heterocycles. The third-order valence-corrected chi connectivity index (χ3v) is 5.50. The number of nitrogens with zero attached hydrogens (tertiary/aromatic N) is 10. The molecule has 0 radical (unpaired) electrons. The molecule has 3 amide bonds. The first-order chi connectivity index (χ1) is 30.2. The number of rotatable bonds is 11. The van der Waals surface area contributed by atoms with Crippen LogP contribution in [-0.2, 0) is 28.9 Å². The number of aliphatic hydroxyl groups is 1. The molecule has 0 heterocycles. The fourth-order valence-electron chi connectivity index (χ4n) is 2.37. The molecular formula is C43H84F3N11O8. The van der Waals surface area contributed by atoms with Crippen molar-refractivity contribution in [1.29, 1.82) is 0 Å². The molecule has 0 aromatic carbocycles. The topological polar surface area (TPSA) is 219 Å². The van der Waals surface area contributed by atoms with Gasteiger partial charge in [0.2, 0.25) is 17.7 Å². The lowest BCUT2D eigenvalue weighted by Crippen LogP contribution is -2.37. The van der Waals surface area contributed by atoms with E-state index in [4.69, 9.17) is 10.3 Å². The normalized spacial score (nSPS) is 9.09. The Bertz CT molecular complexity index is 1440. The average Bonchev–Trinajstić information content (AvgIpc) is 3.22. The predicted molar refractivity (Wildman–Crippen MR) is 261 cm³/mol. The molecule has 0 aromatic rings. The minimum absolute atomic E-state index is 0.0931. The highest BCUT2D eigenvalue weighted by molar-refractivity contribution is 5.83. The van der Waals surface area contributed by atoms with E-state index in [1.165, 1.54) is 44.8 Å². The van der Waals surface area contributed by atoms with Crippen molar-refractivity contribution in [3.8, 4) is 24.5 Å². The van der Waals surface area contributed by atoms with Gasteiger partial charge in [0.25, 0.3) is 0 Å². The van der Waals surface area contributed by atoms with Crippen LogP contribution in [0.5, 0.6) is 0 Å². The lowest BCUT2D eigenvalue weighted by atomic mass is 10.2. The van der Waals surface area contributed by atoms with E-state index in [1.54, 1.807) is 56.2 Å². The number of terminal acetylenes is 1. The van der Waals surface area contributed by atoms with E-state index in [2.05, 4.69) is 83.1 Å². The molecular weight excluding hydrogens is 856 g/mol. The number of hydrazone groups is 2. The van der Waals surface area contributed by atoms with Crippen LogP contribution in [0, 0.1) is 24.5 Å². The molecule has 0 atom stereocenters. The molecule has 0 rings (SSSR count).